The maximum Gasteiger partial charge on any atom is 0.240 e. The second-order valence-corrected chi connectivity index (χ2v) is 5.82. The molecule has 0 aliphatic rings. The van der Waals surface area contributed by atoms with Gasteiger partial charge in [-0.15, -0.1) is 16.4 Å². The summed E-state index contributed by atoms with van der Waals surface area (Å²) in [6.07, 6.45) is 1.69. The molecule has 3 rings (SSSR count). The number of thiophene rings is 1. The Balaban J connectivity index is 1.91. The smallest absolute Gasteiger partial charge is 0.240 e. The molecule has 2 N–H and O–H groups in total. The van der Waals surface area contributed by atoms with Gasteiger partial charge in [0.2, 0.25) is 5.95 Å². The van der Waals surface area contributed by atoms with E-state index in [1.54, 1.807) is 16.0 Å². The lowest BCUT2D eigenvalue weighted by atomic mass is 10.2. The van der Waals surface area contributed by atoms with E-state index in [1.807, 2.05) is 19.9 Å². The fraction of sp³-hybridized carbons (Fsp3) is 0.286. The minimum absolute atomic E-state index is 0.269. The van der Waals surface area contributed by atoms with Crippen molar-refractivity contribution in [1.82, 2.24) is 24.7 Å². The molecule has 21 heavy (non-hydrogen) atoms. The third kappa shape index (κ3) is 3.08. The average molecular weight is 300 g/mol. The summed E-state index contributed by atoms with van der Waals surface area (Å²) >= 11 is 1.74. The van der Waals surface area contributed by atoms with Crippen LogP contribution in [0, 0.1) is 13.8 Å². The SMILES string of the molecule is Cc1cc(-n2nc(N)nc2CCc2cccs2)nc(C)n1. The highest BCUT2D eigenvalue weighted by Crippen LogP contribution is 2.15. The van der Waals surface area contributed by atoms with Crippen LogP contribution in [0.5, 0.6) is 0 Å². The summed E-state index contributed by atoms with van der Waals surface area (Å²) in [7, 11) is 0. The van der Waals surface area contributed by atoms with Crippen LogP contribution in [0.15, 0.2) is 23.6 Å². The predicted octanol–water partition coefficient (Wildman–Crippen LogP) is 2.10. The summed E-state index contributed by atoms with van der Waals surface area (Å²) in [5, 5.41) is 6.33. The van der Waals surface area contributed by atoms with E-state index in [1.165, 1.54) is 4.88 Å². The summed E-state index contributed by atoms with van der Waals surface area (Å²) in [6.45, 7) is 3.80. The maximum absolute atomic E-state index is 5.76. The van der Waals surface area contributed by atoms with E-state index >= 15 is 0 Å². The van der Waals surface area contributed by atoms with Crippen molar-refractivity contribution in [1.29, 1.82) is 0 Å². The topological polar surface area (TPSA) is 82.5 Å². The Morgan fingerprint density at radius 2 is 2.05 bits per heavy atom. The van der Waals surface area contributed by atoms with Gasteiger partial charge in [0.15, 0.2) is 5.82 Å². The summed E-state index contributed by atoms with van der Waals surface area (Å²) in [5.74, 6) is 2.51. The van der Waals surface area contributed by atoms with Crippen LogP contribution >= 0.6 is 11.3 Å². The van der Waals surface area contributed by atoms with Crippen LogP contribution in [-0.4, -0.2) is 24.7 Å². The summed E-state index contributed by atoms with van der Waals surface area (Å²) in [4.78, 5) is 14.3. The monoisotopic (exact) mass is 300 g/mol. The van der Waals surface area contributed by atoms with Gasteiger partial charge in [0.25, 0.3) is 0 Å². The van der Waals surface area contributed by atoms with Crippen molar-refractivity contribution in [3.8, 4) is 5.82 Å². The Bertz CT molecular complexity index is 727. The van der Waals surface area contributed by atoms with E-state index in [9.17, 15) is 0 Å². The molecule has 0 bridgehead atoms. The van der Waals surface area contributed by atoms with E-state index in [-0.39, 0.29) is 5.95 Å². The van der Waals surface area contributed by atoms with Crippen molar-refractivity contribution < 1.29 is 0 Å². The third-order valence-electron chi connectivity index (χ3n) is 3.04. The first-order chi connectivity index (χ1) is 10.1. The number of anilines is 1. The molecule has 3 heterocycles. The highest BCUT2D eigenvalue weighted by atomic mass is 32.1. The number of hydrogen-bond donors (Lipinski definition) is 1. The van der Waals surface area contributed by atoms with E-state index < -0.39 is 0 Å². The van der Waals surface area contributed by atoms with Crippen LogP contribution in [-0.2, 0) is 12.8 Å². The normalized spacial score (nSPS) is 11.0. The van der Waals surface area contributed by atoms with Gasteiger partial charge in [0.1, 0.15) is 11.6 Å². The molecule has 0 saturated heterocycles. The van der Waals surface area contributed by atoms with E-state index in [0.717, 1.165) is 24.4 Å². The lowest BCUT2D eigenvalue weighted by Gasteiger charge is -2.06. The highest BCUT2D eigenvalue weighted by molar-refractivity contribution is 7.09. The molecule has 0 fully saturated rings. The number of hydrogen-bond acceptors (Lipinski definition) is 6. The van der Waals surface area contributed by atoms with Crippen molar-refractivity contribution in [3.05, 3.63) is 45.8 Å². The molecule has 108 valence electrons. The van der Waals surface area contributed by atoms with Crippen LogP contribution in [0.25, 0.3) is 5.82 Å². The molecule has 0 radical (unpaired) electrons. The van der Waals surface area contributed by atoms with Gasteiger partial charge in [0, 0.05) is 23.1 Å². The van der Waals surface area contributed by atoms with Crippen LogP contribution < -0.4 is 5.73 Å². The van der Waals surface area contributed by atoms with Crippen LogP contribution in [0.3, 0.4) is 0 Å². The van der Waals surface area contributed by atoms with E-state index in [2.05, 4.69) is 37.6 Å². The van der Waals surface area contributed by atoms with Gasteiger partial charge in [0.05, 0.1) is 0 Å². The number of rotatable bonds is 4. The molecular formula is C14H16N6S. The van der Waals surface area contributed by atoms with Crippen molar-refractivity contribution >= 4 is 17.3 Å². The largest absolute Gasteiger partial charge is 0.366 e. The zero-order valence-electron chi connectivity index (χ0n) is 11.9. The minimum Gasteiger partial charge on any atom is -0.366 e. The molecule has 3 aromatic heterocycles. The van der Waals surface area contributed by atoms with Crippen molar-refractivity contribution in [2.24, 2.45) is 0 Å². The summed E-state index contributed by atoms with van der Waals surface area (Å²) in [5.41, 5.74) is 6.66. The van der Waals surface area contributed by atoms with Gasteiger partial charge in [-0.2, -0.15) is 9.67 Å². The molecule has 0 saturated carbocycles. The Kier molecular flexibility index (Phi) is 3.66. The lowest BCUT2D eigenvalue weighted by molar-refractivity contribution is 0.747. The highest BCUT2D eigenvalue weighted by Gasteiger charge is 2.12. The fourth-order valence-corrected chi connectivity index (χ4v) is 2.91. The van der Waals surface area contributed by atoms with Gasteiger partial charge in [-0.05, 0) is 31.7 Å². The number of nitrogens with zero attached hydrogens (tertiary/aromatic N) is 5. The second kappa shape index (κ2) is 5.61. The molecule has 3 aromatic rings. The number of aryl methyl sites for hydroxylation is 4. The molecule has 6 nitrogen and oxygen atoms in total. The zero-order chi connectivity index (χ0) is 14.8. The molecule has 7 heteroatoms. The first kappa shape index (κ1) is 13.7. The van der Waals surface area contributed by atoms with Gasteiger partial charge < -0.3 is 5.73 Å². The molecular weight excluding hydrogens is 284 g/mol. The Morgan fingerprint density at radius 3 is 2.76 bits per heavy atom. The number of nitrogens with two attached hydrogens (primary N) is 1. The molecule has 0 unspecified atom stereocenters. The zero-order valence-corrected chi connectivity index (χ0v) is 12.8. The van der Waals surface area contributed by atoms with Crippen molar-refractivity contribution in [3.63, 3.8) is 0 Å². The number of aromatic nitrogens is 5. The summed E-state index contributed by atoms with van der Waals surface area (Å²) < 4.78 is 1.71. The average Bonchev–Trinajstić information content (AvgIpc) is 3.04. The second-order valence-electron chi connectivity index (χ2n) is 4.79. The Morgan fingerprint density at radius 1 is 1.19 bits per heavy atom. The lowest BCUT2D eigenvalue weighted by Crippen LogP contribution is -2.08. The molecule has 0 atom stereocenters. The third-order valence-corrected chi connectivity index (χ3v) is 3.97. The molecule has 0 aliphatic carbocycles. The summed E-state index contributed by atoms with van der Waals surface area (Å²) in [6, 6.07) is 6.06. The van der Waals surface area contributed by atoms with Crippen LogP contribution in [0.1, 0.15) is 22.2 Å². The predicted molar refractivity (Wildman–Crippen MR) is 82.6 cm³/mol. The van der Waals surface area contributed by atoms with Crippen molar-refractivity contribution in [2.45, 2.75) is 26.7 Å². The van der Waals surface area contributed by atoms with Gasteiger partial charge in [-0.3, -0.25) is 0 Å². The van der Waals surface area contributed by atoms with Gasteiger partial charge >= 0.3 is 0 Å². The Labute approximate surface area is 126 Å². The van der Waals surface area contributed by atoms with E-state index in [4.69, 9.17) is 5.73 Å². The quantitative estimate of drug-likeness (QED) is 0.798. The van der Waals surface area contributed by atoms with Gasteiger partial charge in [-0.25, -0.2) is 9.97 Å². The minimum atomic E-state index is 0.269. The molecule has 0 aliphatic heterocycles. The van der Waals surface area contributed by atoms with Crippen molar-refractivity contribution in [2.75, 3.05) is 5.73 Å². The molecule has 0 spiro atoms. The van der Waals surface area contributed by atoms with E-state index in [0.29, 0.717) is 11.6 Å². The maximum atomic E-state index is 5.76. The fourth-order valence-electron chi connectivity index (χ4n) is 2.20. The first-order valence-electron chi connectivity index (χ1n) is 6.68. The van der Waals surface area contributed by atoms with Gasteiger partial charge in [-0.1, -0.05) is 6.07 Å². The number of nitrogen functional groups attached to an aromatic ring is 1. The Hall–Kier alpha value is -2.28. The first-order valence-corrected chi connectivity index (χ1v) is 7.56. The van der Waals surface area contributed by atoms with Crippen LogP contribution in [0.2, 0.25) is 0 Å². The molecule has 0 aromatic carbocycles. The standard InChI is InChI=1S/C14H16N6S/c1-9-8-13(17-10(2)16-9)20-12(18-14(15)19-20)6-5-11-4-3-7-21-11/h3-4,7-8H,5-6H2,1-2H3,(H2,15,19). The molecule has 0 amide bonds. The van der Waals surface area contributed by atoms with Crippen LogP contribution in [0.4, 0.5) is 5.95 Å².